The van der Waals surface area contributed by atoms with Crippen LogP contribution in [0.4, 0.5) is 4.39 Å². The highest BCUT2D eigenvalue weighted by Gasteiger charge is 2.12. The fourth-order valence-corrected chi connectivity index (χ4v) is 2.10. The van der Waals surface area contributed by atoms with E-state index < -0.39 is 5.82 Å². The van der Waals surface area contributed by atoms with Crippen LogP contribution in [-0.2, 0) is 6.42 Å². The number of aryl methyl sites for hydroxylation is 2. The van der Waals surface area contributed by atoms with Crippen molar-refractivity contribution in [3.8, 4) is 5.75 Å². The topological polar surface area (TPSA) is 26.3 Å². The molecule has 3 heteroatoms. The third kappa shape index (κ3) is 3.05. The molecule has 0 saturated heterocycles. The molecule has 2 aromatic carbocycles. The summed E-state index contributed by atoms with van der Waals surface area (Å²) in [5.41, 5.74) is 3.66. The van der Waals surface area contributed by atoms with Gasteiger partial charge in [-0.25, -0.2) is 4.39 Å². The summed E-state index contributed by atoms with van der Waals surface area (Å²) < 4.78 is 18.2. The Balaban J connectivity index is 2.26. The molecule has 0 aliphatic heterocycles. The van der Waals surface area contributed by atoms with Gasteiger partial charge >= 0.3 is 0 Å². The molecule has 20 heavy (non-hydrogen) atoms. The van der Waals surface area contributed by atoms with Gasteiger partial charge in [-0.05, 0) is 43.2 Å². The summed E-state index contributed by atoms with van der Waals surface area (Å²) in [6, 6.07) is 10.2. The Morgan fingerprint density at radius 3 is 2.60 bits per heavy atom. The first kappa shape index (κ1) is 14.3. The first-order valence-corrected chi connectivity index (χ1v) is 6.44. The minimum absolute atomic E-state index is 0.0444. The number of carbonyl (C=O) groups excluding carboxylic acids is 1. The quantitative estimate of drug-likeness (QED) is 0.790. The van der Waals surface area contributed by atoms with Crippen LogP contribution >= 0.6 is 0 Å². The molecule has 0 fully saturated rings. The van der Waals surface area contributed by atoms with Crippen molar-refractivity contribution in [3.63, 3.8) is 0 Å². The van der Waals surface area contributed by atoms with E-state index in [1.807, 2.05) is 32.0 Å². The van der Waals surface area contributed by atoms with Crippen LogP contribution in [0.25, 0.3) is 0 Å². The van der Waals surface area contributed by atoms with Crippen molar-refractivity contribution in [2.45, 2.75) is 20.3 Å². The SMILES string of the molecule is COc1cc(C(=O)Cc2cc(C)ccc2C)ccc1F. The van der Waals surface area contributed by atoms with Crippen molar-refractivity contribution in [1.29, 1.82) is 0 Å². The van der Waals surface area contributed by atoms with Gasteiger partial charge in [-0.3, -0.25) is 4.79 Å². The van der Waals surface area contributed by atoms with Crippen molar-refractivity contribution < 1.29 is 13.9 Å². The van der Waals surface area contributed by atoms with Gasteiger partial charge in [0.2, 0.25) is 0 Å². The molecule has 0 spiro atoms. The molecule has 0 heterocycles. The predicted octanol–water partition coefficient (Wildman–Crippen LogP) is 3.88. The number of hydrogen-bond acceptors (Lipinski definition) is 2. The summed E-state index contributed by atoms with van der Waals surface area (Å²) in [6.45, 7) is 3.97. The van der Waals surface area contributed by atoms with E-state index in [2.05, 4.69) is 0 Å². The zero-order valence-electron chi connectivity index (χ0n) is 11.9. The lowest BCUT2D eigenvalue weighted by Crippen LogP contribution is -2.06. The number of benzene rings is 2. The lowest BCUT2D eigenvalue weighted by molar-refractivity contribution is 0.0992. The van der Waals surface area contributed by atoms with Gasteiger partial charge in [0.15, 0.2) is 17.3 Å². The number of carbonyl (C=O) groups is 1. The third-order valence-electron chi connectivity index (χ3n) is 3.33. The Bertz CT molecular complexity index is 647. The standard InChI is InChI=1S/C17H17FO2/c1-11-4-5-12(2)14(8-11)9-16(19)13-6-7-15(18)17(10-13)20-3/h4-8,10H,9H2,1-3H3. The van der Waals surface area contributed by atoms with Gasteiger partial charge in [-0.1, -0.05) is 23.8 Å². The molecule has 0 aliphatic rings. The lowest BCUT2D eigenvalue weighted by atomic mass is 9.98. The zero-order chi connectivity index (χ0) is 14.7. The average Bonchev–Trinajstić information content (AvgIpc) is 2.43. The molecule has 0 aromatic heterocycles. The highest BCUT2D eigenvalue weighted by molar-refractivity contribution is 5.98. The summed E-state index contributed by atoms with van der Waals surface area (Å²) in [5, 5.41) is 0. The Morgan fingerprint density at radius 1 is 1.15 bits per heavy atom. The van der Waals surface area contributed by atoms with E-state index in [-0.39, 0.29) is 11.5 Å². The average molecular weight is 272 g/mol. The predicted molar refractivity (Wildman–Crippen MR) is 76.9 cm³/mol. The number of hydrogen-bond donors (Lipinski definition) is 0. The van der Waals surface area contributed by atoms with E-state index in [1.165, 1.54) is 25.3 Å². The summed E-state index contributed by atoms with van der Waals surface area (Å²) in [7, 11) is 1.39. The van der Waals surface area contributed by atoms with Crippen LogP contribution in [0.2, 0.25) is 0 Å². The van der Waals surface area contributed by atoms with Gasteiger partial charge in [-0.15, -0.1) is 0 Å². The van der Waals surface area contributed by atoms with Gasteiger partial charge in [-0.2, -0.15) is 0 Å². The van der Waals surface area contributed by atoms with E-state index >= 15 is 0 Å². The molecule has 0 radical (unpaired) electrons. The van der Waals surface area contributed by atoms with Crippen LogP contribution in [0.1, 0.15) is 27.0 Å². The maximum absolute atomic E-state index is 13.3. The molecular weight excluding hydrogens is 255 g/mol. The molecule has 0 atom stereocenters. The Labute approximate surface area is 118 Å². The minimum atomic E-state index is -0.462. The summed E-state index contributed by atoms with van der Waals surface area (Å²) in [4.78, 5) is 12.3. The van der Waals surface area contributed by atoms with Crippen LogP contribution < -0.4 is 4.74 Å². The van der Waals surface area contributed by atoms with Crippen LogP contribution in [0, 0.1) is 19.7 Å². The highest BCUT2D eigenvalue weighted by Crippen LogP contribution is 2.20. The monoisotopic (exact) mass is 272 g/mol. The smallest absolute Gasteiger partial charge is 0.167 e. The van der Waals surface area contributed by atoms with E-state index in [9.17, 15) is 9.18 Å². The Kier molecular flexibility index (Phi) is 4.18. The lowest BCUT2D eigenvalue weighted by Gasteiger charge is -2.08. The second-order valence-electron chi connectivity index (χ2n) is 4.88. The molecule has 0 aliphatic carbocycles. The molecule has 0 bridgehead atoms. The molecule has 0 amide bonds. The van der Waals surface area contributed by atoms with Crippen molar-refractivity contribution >= 4 is 5.78 Å². The highest BCUT2D eigenvalue weighted by atomic mass is 19.1. The van der Waals surface area contributed by atoms with Gasteiger partial charge in [0.25, 0.3) is 0 Å². The van der Waals surface area contributed by atoms with Crippen molar-refractivity contribution in [2.75, 3.05) is 7.11 Å². The molecular formula is C17H17FO2. The second-order valence-corrected chi connectivity index (χ2v) is 4.88. The Morgan fingerprint density at radius 2 is 1.90 bits per heavy atom. The Hall–Kier alpha value is -2.16. The summed E-state index contributed by atoms with van der Waals surface area (Å²) >= 11 is 0. The summed E-state index contributed by atoms with van der Waals surface area (Å²) in [5.74, 6) is -0.412. The second kappa shape index (κ2) is 5.87. The van der Waals surface area contributed by atoms with Crippen LogP contribution in [0.3, 0.4) is 0 Å². The van der Waals surface area contributed by atoms with Crippen molar-refractivity contribution in [3.05, 3.63) is 64.5 Å². The van der Waals surface area contributed by atoms with Crippen molar-refractivity contribution in [1.82, 2.24) is 0 Å². The summed E-state index contributed by atoms with van der Waals surface area (Å²) in [6.07, 6.45) is 0.308. The third-order valence-corrected chi connectivity index (χ3v) is 3.33. The molecule has 104 valence electrons. The van der Waals surface area contributed by atoms with Crippen LogP contribution in [-0.4, -0.2) is 12.9 Å². The fraction of sp³-hybridized carbons (Fsp3) is 0.235. The first-order chi connectivity index (χ1) is 9.51. The fourth-order valence-electron chi connectivity index (χ4n) is 2.10. The molecule has 2 nitrogen and oxygen atoms in total. The molecule has 2 rings (SSSR count). The minimum Gasteiger partial charge on any atom is -0.494 e. The number of methoxy groups -OCH3 is 1. The first-order valence-electron chi connectivity index (χ1n) is 6.44. The van der Waals surface area contributed by atoms with Gasteiger partial charge in [0, 0.05) is 12.0 Å². The largest absolute Gasteiger partial charge is 0.494 e. The maximum atomic E-state index is 13.3. The van der Waals surface area contributed by atoms with Gasteiger partial charge in [0.1, 0.15) is 0 Å². The molecule has 0 unspecified atom stereocenters. The normalized spacial score (nSPS) is 10.4. The van der Waals surface area contributed by atoms with E-state index in [4.69, 9.17) is 4.74 Å². The molecule has 0 N–H and O–H groups in total. The van der Waals surface area contributed by atoms with Gasteiger partial charge in [0.05, 0.1) is 7.11 Å². The number of Topliss-reactive ketones (excluding diaryl/α,β-unsaturated/α-hetero) is 1. The number of ketones is 1. The van der Waals surface area contributed by atoms with Crippen LogP contribution in [0.15, 0.2) is 36.4 Å². The molecule has 2 aromatic rings. The van der Waals surface area contributed by atoms with E-state index in [0.29, 0.717) is 12.0 Å². The van der Waals surface area contributed by atoms with Crippen LogP contribution in [0.5, 0.6) is 5.75 Å². The van der Waals surface area contributed by atoms with E-state index in [0.717, 1.165) is 16.7 Å². The maximum Gasteiger partial charge on any atom is 0.167 e. The van der Waals surface area contributed by atoms with Gasteiger partial charge < -0.3 is 4.74 Å². The van der Waals surface area contributed by atoms with Crippen molar-refractivity contribution in [2.24, 2.45) is 0 Å². The number of ether oxygens (including phenoxy) is 1. The number of rotatable bonds is 4. The van der Waals surface area contributed by atoms with E-state index in [1.54, 1.807) is 0 Å². The zero-order valence-corrected chi connectivity index (χ0v) is 11.9. The number of halogens is 1. The molecule has 0 saturated carbocycles.